The third-order valence-corrected chi connectivity index (χ3v) is 4.95. The van der Waals surface area contributed by atoms with Gasteiger partial charge in [0.25, 0.3) is 0 Å². The molecule has 0 saturated heterocycles. The van der Waals surface area contributed by atoms with Crippen molar-refractivity contribution in [3.05, 3.63) is 53.6 Å². The predicted molar refractivity (Wildman–Crippen MR) is 103 cm³/mol. The van der Waals surface area contributed by atoms with Crippen LogP contribution in [0.3, 0.4) is 0 Å². The first-order valence-corrected chi connectivity index (χ1v) is 8.92. The largest absolute Gasteiger partial charge is 0.497 e. The number of methoxy groups -OCH3 is 2. The Labute approximate surface area is 154 Å². The summed E-state index contributed by atoms with van der Waals surface area (Å²) >= 11 is 0. The zero-order chi connectivity index (χ0) is 18.5. The summed E-state index contributed by atoms with van der Waals surface area (Å²) in [4.78, 5) is 14.7. The molecule has 0 radical (unpaired) electrons. The van der Waals surface area contributed by atoms with E-state index in [2.05, 4.69) is 34.5 Å². The van der Waals surface area contributed by atoms with Gasteiger partial charge >= 0.3 is 0 Å². The first-order valence-electron chi connectivity index (χ1n) is 8.92. The number of rotatable bonds is 6. The molecule has 0 unspecified atom stereocenters. The number of likely N-dealkylation sites (N-methyl/N-ethyl adjacent to an activating group) is 1. The molecule has 0 aromatic heterocycles. The normalized spacial score (nSPS) is 16.1. The Morgan fingerprint density at radius 3 is 2.77 bits per heavy atom. The van der Waals surface area contributed by atoms with Crippen LogP contribution in [0.2, 0.25) is 0 Å². The second-order valence-corrected chi connectivity index (χ2v) is 6.64. The van der Waals surface area contributed by atoms with Crippen LogP contribution >= 0.6 is 0 Å². The van der Waals surface area contributed by atoms with Gasteiger partial charge in [-0.15, -0.1) is 0 Å². The SMILES string of the molecule is COc1ccc(NC(=O)CN(C)[C@@H]2CCCc3ccccc32)c(OC)c1. The molecule has 0 bridgehead atoms. The molecule has 5 heteroatoms. The van der Waals surface area contributed by atoms with Crippen molar-refractivity contribution in [1.82, 2.24) is 4.90 Å². The van der Waals surface area contributed by atoms with Crippen LogP contribution in [0.5, 0.6) is 11.5 Å². The molecule has 2 aromatic rings. The minimum atomic E-state index is -0.0565. The van der Waals surface area contributed by atoms with Gasteiger partial charge in [-0.25, -0.2) is 0 Å². The summed E-state index contributed by atoms with van der Waals surface area (Å²) in [6, 6.07) is 14.2. The topological polar surface area (TPSA) is 50.8 Å². The van der Waals surface area contributed by atoms with Gasteiger partial charge in [0.2, 0.25) is 5.91 Å². The molecule has 3 rings (SSSR count). The van der Waals surface area contributed by atoms with Gasteiger partial charge in [0.05, 0.1) is 26.5 Å². The Bertz CT molecular complexity index is 776. The Hall–Kier alpha value is -2.53. The van der Waals surface area contributed by atoms with Crippen molar-refractivity contribution >= 4 is 11.6 Å². The van der Waals surface area contributed by atoms with Crippen LogP contribution < -0.4 is 14.8 Å². The molecule has 1 N–H and O–H groups in total. The van der Waals surface area contributed by atoms with Gasteiger partial charge in [0.15, 0.2) is 0 Å². The second-order valence-electron chi connectivity index (χ2n) is 6.64. The number of fused-ring (bicyclic) bond motifs is 1. The molecule has 1 aliphatic rings. The zero-order valence-electron chi connectivity index (χ0n) is 15.6. The highest BCUT2D eigenvalue weighted by Crippen LogP contribution is 2.33. The third-order valence-electron chi connectivity index (χ3n) is 4.95. The van der Waals surface area contributed by atoms with E-state index in [1.807, 2.05) is 7.05 Å². The highest BCUT2D eigenvalue weighted by molar-refractivity contribution is 5.93. The standard InChI is InChI=1S/C21H26N2O3/c1-23(19-10-6-8-15-7-4-5-9-17(15)19)14-21(24)22-18-12-11-16(25-2)13-20(18)26-3/h4-5,7,9,11-13,19H,6,8,10,14H2,1-3H3,(H,22,24)/t19-/m1/s1. The van der Waals surface area contributed by atoms with E-state index in [1.54, 1.807) is 32.4 Å². The van der Waals surface area contributed by atoms with Gasteiger partial charge in [-0.1, -0.05) is 24.3 Å². The fourth-order valence-electron chi connectivity index (χ4n) is 3.61. The maximum Gasteiger partial charge on any atom is 0.238 e. The van der Waals surface area contributed by atoms with E-state index in [9.17, 15) is 4.79 Å². The average Bonchev–Trinajstić information content (AvgIpc) is 2.67. The summed E-state index contributed by atoms with van der Waals surface area (Å²) < 4.78 is 10.5. The molecule has 26 heavy (non-hydrogen) atoms. The fraction of sp³-hybridized carbons (Fsp3) is 0.381. The lowest BCUT2D eigenvalue weighted by Gasteiger charge is -2.32. The van der Waals surface area contributed by atoms with Crippen LogP contribution in [0.1, 0.15) is 30.0 Å². The number of aryl methyl sites for hydroxylation is 1. The molecule has 1 atom stereocenters. The van der Waals surface area contributed by atoms with Crippen molar-refractivity contribution in [2.24, 2.45) is 0 Å². The summed E-state index contributed by atoms with van der Waals surface area (Å²) in [5.41, 5.74) is 3.39. The van der Waals surface area contributed by atoms with Crippen molar-refractivity contribution < 1.29 is 14.3 Å². The number of carbonyl (C=O) groups excluding carboxylic acids is 1. The summed E-state index contributed by atoms with van der Waals surface area (Å²) in [6.45, 7) is 0.328. The number of carbonyl (C=O) groups is 1. The highest BCUT2D eigenvalue weighted by atomic mass is 16.5. The number of hydrogen-bond acceptors (Lipinski definition) is 4. The minimum absolute atomic E-state index is 0.0565. The second kappa shape index (κ2) is 8.23. The molecule has 138 valence electrons. The molecule has 0 fully saturated rings. The minimum Gasteiger partial charge on any atom is -0.497 e. The first-order chi connectivity index (χ1) is 12.6. The van der Waals surface area contributed by atoms with Crippen LogP contribution in [0, 0.1) is 0 Å². The van der Waals surface area contributed by atoms with Crippen LogP contribution in [0.15, 0.2) is 42.5 Å². The Kier molecular flexibility index (Phi) is 5.78. The van der Waals surface area contributed by atoms with Crippen molar-refractivity contribution in [2.75, 3.05) is 33.1 Å². The van der Waals surface area contributed by atoms with Gasteiger partial charge in [-0.2, -0.15) is 0 Å². The van der Waals surface area contributed by atoms with Crippen molar-refractivity contribution in [1.29, 1.82) is 0 Å². The molecule has 0 aliphatic heterocycles. The van der Waals surface area contributed by atoms with E-state index < -0.39 is 0 Å². The van der Waals surface area contributed by atoms with Gasteiger partial charge in [0.1, 0.15) is 11.5 Å². The van der Waals surface area contributed by atoms with Crippen molar-refractivity contribution in [3.63, 3.8) is 0 Å². The molecule has 0 heterocycles. The van der Waals surface area contributed by atoms with Crippen LogP contribution in [0.25, 0.3) is 0 Å². The predicted octanol–water partition coefficient (Wildman–Crippen LogP) is 3.65. The summed E-state index contributed by atoms with van der Waals surface area (Å²) in [7, 11) is 5.19. The number of hydrogen-bond donors (Lipinski definition) is 1. The number of amides is 1. The third kappa shape index (κ3) is 3.99. The molecule has 0 saturated carbocycles. The lowest BCUT2D eigenvalue weighted by atomic mass is 9.87. The molecular weight excluding hydrogens is 328 g/mol. The van der Waals surface area contributed by atoms with E-state index >= 15 is 0 Å². The van der Waals surface area contributed by atoms with E-state index in [0.717, 1.165) is 19.3 Å². The Balaban J connectivity index is 1.67. The molecule has 5 nitrogen and oxygen atoms in total. The summed E-state index contributed by atoms with van der Waals surface area (Å²) in [6.07, 6.45) is 3.35. The van der Waals surface area contributed by atoms with E-state index in [0.29, 0.717) is 23.7 Å². The maximum absolute atomic E-state index is 12.6. The molecule has 1 amide bonds. The van der Waals surface area contributed by atoms with Crippen molar-refractivity contribution in [2.45, 2.75) is 25.3 Å². The average molecular weight is 354 g/mol. The number of nitrogens with zero attached hydrogens (tertiary/aromatic N) is 1. The number of anilines is 1. The van der Waals surface area contributed by atoms with Gasteiger partial charge in [-0.05, 0) is 49.6 Å². The molecular formula is C21H26N2O3. The number of ether oxygens (including phenoxy) is 2. The van der Waals surface area contributed by atoms with E-state index in [1.165, 1.54) is 11.1 Å². The highest BCUT2D eigenvalue weighted by Gasteiger charge is 2.24. The lowest BCUT2D eigenvalue weighted by molar-refractivity contribution is -0.117. The Morgan fingerprint density at radius 1 is 1.19 bits per heavy atom. The quantitative estimate of drug-likeness (QED) is 0.860. The molecule has 0 spiro atoms. The van der Waals surface area contributed by atoms with Crippen LogP contribution in [0.4, 0.5) is 5.69 Å². The van der Waals surface area contributed by atoms with Crippen LogP contribution in [-0.4, -0.2) is 38.6 Å². The smallest absolute Gasteiger partial charge is 0.238 e. The van der Waals surface area contributed by atoms with Gasteiger partial charge in [0, 0.05) is 12.1 Å². The zero-order valence-corrected chi connectivity index (χ0v) is 15.6. The number of benzene rings is 2. The van der Waals surface area contributed by atoms with Gasteiger partial charge in [-0.3, -0.25) is 9.69 Å². The van der Waals surface area contributed by atoms with Crippen LogP contribution in [-0.2, 0) is 11.2 Å². The summed E-state index contributed by atoms with van der Waals surface area (Å²) in [5.74, 6) is 1.22. The van der Waals surface area contributed by atoms with E-state index in [4.69, 9.17) is 9.47 Å². The molecule has 1 aliphatic carbocycles. The Morgan fingerprint density at radius 2 is 2.00 bits per heavy atom. The number of nitrogens with one attached hydrogen (secondary N) is 1. The van der Waals surface area contributed by atoms with Gasteiger partial charge < -0.3 is 14.8 Å². The fourth-order valence-corrected chi connectivity index (χ4v) is 3.61. The monoisotopic (exact) mass is 354 g/mol. The molecule has 2 aromatic carbocycles. The van der Waals surface area contributed by atoms with Crippen molar-refractivity contribution in [3.8, 4) is 11.5 Å². The summed E-state index contributed by atoms with van der Waals surface area (Å²) in [5, 5.41) is 2.95. The lowest BCUT2D eigenvalue weighted by Crippen LogP contribution is -2.35. The van der Waals surface area contributed by atoms with E-state index in [-0.39, 0.29) is 11.9 Å². The first kappa shape index (κ1) is 18.3. The maximum atomic E-state index is 12.6.